The number of carbonyl (C=O) groups is 2. The molecule has 0 unspecified atom stereocenters. The van der Waals surface area contributed by atoms with E-state index in [1.54, 1.807) is 55.6 Å². The molecule has 1 fully saturated rings. The lowest BCUT2D eigenvalue weighted by atomic mass is 9.80. The molecular formula is C29H32ClN3O4. The van der Waals surface area contributed by atoms with Gasteiger partial charge in [-0.3, -0.25) is 9.59 Å². The van der Waals surface area contributed by atoms with Gasteiger partial charge >= 0.3 is 0 Å². The first kappa shape index (κ1) is 26.4. The van der Waals surface area contributed by atoms with E-state index < -0.39 is 5.54 Å². The summed E-state index contributed by atoms with van der Waals surface area (Å²) in [6, 6.07) is 21.6. The van der Waals surface area contributed by atoms with Crippen LogP contribution in [0.4, 0.5) is 5.69 Å². The molecule has 3 aromatic carbocycles. The molecule has 1 aliphatic rings. The van der Waals surface area contributed by atoms with Gasteiger partial charge < -0.3 is 25.4 Å². The fourth-order valence-corrected chi connectivity index (χ4v) is 4.55. The van der Waals surface area contributed by atoms with Gasteiger partial charge in [0.05, 0.1) is 7.11 Å². The average Bonchev–Trinajstić information content (AvgIpc) is 2.93. The smallest absolute Gasteiger partial charge is 0.252 e. The number of carbonyl (C=O) groups excluding carboxylic acids is 2. The Morgan fingerprint density at radius 1 is 0.811 bits per heavy atom. The topological polar surface area (TPSA) is 88.7 Å². The minimum absolute atomic E-state index is 0.139. The normalized spacial score (nSPS) is 14.3. The van der Waals surface area contributed by atoms with Crippen LogP contribution in [0.15, 0.2) is 72.8 Å². The zero-order chi connectivity index (χ0) is 26.1. The maximum absolute atomic E-state index is 13.3. The van der Waals surface area contributed by atoms with Gasteiger partial charge in [-0.25, -0.2) is 0 Å². The van der Waals surface area contributed by atoms with Gasteiger partial charge in [0, 0.05) is 29.4 Å². The maximum atomic E-state index is 13.3. The third-order valence-corrected chi connectivity index (χ3v) is 6.74. The van der Waals surface area contributed by atoms with Gasteiger partial charge in [0.25, 0.3) is 5.91 Å². The second-order valence-electron chi connectivity index (χ2n) is 9.09. The summed E-state index contributed by atoms with van der Waals surface area (Å²) in [7, 11) is 1.63. The van der Waals surface area contributed by atoms with Crippen molar-refractivity contribution in [2.45, 2.75) is 37.6 Å². The van der Waals surface area contributed by atoms with E-state index in [0.717, 1.165) is 30.7 Å². The summed E-state index contributed by atoms with van der Waals surface area (Å²) < 4.78 is 11.0. The van der Waals surface area contributed by atoms with Crippen LogP contribution in [0.2, 0.25) is 5.02 Å². The molecule has 194 valence electrons. The first-order valence-electron chi connectivity index (χ1n) is 12.5. The Balaban J connectivity index is 1.33. The third-order valence-electron chi connectivity index (χ3n) is 6.49. The van der Waals surface area contributed by atoms with Gasteiger partial charge in [0.15, 0.2) is 0 Å². The van der Waals surface area contributed by atoms with Crippen molar-refractivity contribution in [1.82, 2.24) is 10.6 Å². The number of amides is 2. The molecule has 3 aromatic rings. The van der Waals surface area contributed by atoms with Gasteiger partial charge in [-0.1, -0.05) is 30.9 Å². The summed E-state index contributed by atoms with van der Waals surface area (Å²) in [4.78, 5) is 26.4. The summed E-state index contributed by atoms with van der Waals surface area (Å²) in [6.45, 7) is 1.01. The molecule has 7 nitrogen and oxygen atoms in total. The van der Waals surface area contributed by atoms with Crippen molar-refractivity contribution in [1.29, 1.82) is 0 Å². The van der Waals surface area contributed by atoms with E-state index in [4.69, 9.17) is 21.1 Å². The van der Waals surface area contributed by atoms with Crippen LogP contribution in [0.3, 0.4) is 0 Å². The molecule has 0 radical (unpaired) electrons. The van der Waals surface area contributed by atoms with Gasteiger partial charge in [0.2, 0.25) is 5.91 Å². The van der Waals surface area contributed by atoms with Crippen LogP contribution in [0.5, 0.6) is 17.2 Å². The lowest BCUT2D eigenvalue weighted by Crippen LogP contribution is -2.60. The standard InChI is InChI=1S/C29H32ClN3O4/c1-36-24-15-9-23(10-16-24)31-19-20-32-28(35)29(17-3-2-4-18-29)33-27(34)21-5-11-25(12-6-21)37-26-13-7-22(30)8-14-26/h5-16,31H,2-4,17-20H2,1H3,(H,32,35)(H,33,34). The number of anilines is 1. The first-order chi connectivity index (χ1) is 18.0. The Morgan fingerprint density at radius 3 is 2.03 bits per heavy atom. The molecule has 0 aliphatic heterocycles. The first-order valence-corrected chi connectivity index (χ1v) is 12.9. The second kappa shape index (κ2) is 12.5. The van der Waals surface area contributed by atoms with Crippen LogP contribution in [0.25, 0.3) is 0 Å². The lowest BCUT2D eigenvalue weighted by molar-refractivity contribution is -0.128. The molecule has 0 spiro atoms. The van der Waals surface area contributed by atoms with Crippen LogP contribution in [-0.4, -0.2) is 37.6 Å². The maximum Gasteiger partial charge on any atom is 0.252 e. The van der Waals surface area contributed by atoms with Gasteiger partial charge in [-0.05, 0) is 85.6 Å². The van der Waals surface area contributed by atoms with E-state index in [1.165, 1.54) is 0 Å². The molecule has 4 rings (SSSR count). The summed E-state index contributed by atoms with van der Waals surface area (Å²) in [6.07, 6.45) is 4.08. The monoisotopic (exact) mass is 521 g/mol. The molecular weight excluding hydrogens is 490 g/mol. The SMILES string of the molecule is COc1ccc(NCCNC(=O)C2(NC(=O)c3ccc(Oc4ccc(Cl)cc4)cc3)CCCCC2)cc1. The number of halogens is 1. The highest BCUT2D eigenvalue weighted by atomic mass is 35.5. The van der Waals surface area contributed by atoms with Gasteiger partial charge in [-0.15, -0.1) is 0 Å². The zero-order valence-corrected chi connectivity index (χ0v) is 21.6. The number of rotatable bonds is 10. The third kappa shape index (κ3) is 7.17. The van der Waals surface area contributed by atoms with E-state index in [0.29, 0.717) is 48.0 Å². The second-order valence-corrected chi connectivity index (χ2v) is 9.52. The van der Waals surface area contributed by atoms with Crippen LogP contribution < -0.4 is 25.4 Å². The molecule has 3 N–H and O–H groups in total. The molecule has 0 atom stereocenters. The van der Waals surface area contributed by atoms with Crippen molar-refractivity contribution < 1.29 is 19.1 Å². The van der Waals surface area contributed by atoms with E-state index in [1.807, 2.05) is 24.3 Å². The predicted octanol–water partition coefficient (Wildman–Crippen LogP) is 5.80. The Hall–Kier alpha value is -3.71. The van der Waals surface area contributed by atoms with Crippen molar-refractivity contribution in [3.8, 4) is 17.2 Å². The van der Waals surface area contributed by atoms with E-state index in [-0.39, 0.29) is 11.8 Å². The summed E-state index contributed by atoms with van der Waals surface area (Å²) in [5, 5.41) is 9.98. The molecule has 0 heterocycles. The lowest BCUT2D eigenvalue weighted by Gasteiger charge is -2.36. The fraction of sp³-hybridized carbons (Fsp3) is 0.310. The Labute approximate surface area is 222 Å². The number of nitrogens with one attached hydrogen (secondary N) is 3. The summed E-state index contributed by atoms with van der Waals surface area (Å²) in [5.74, 6) is 1.64. The highest BCUT2D eigenvalue weighted by molar-refractivity contribution is 6.30. The van der Waals surface area contributed by atoms with Crippen molar-refractivity contribution in [3.63, 3.8) is 0 Å². The van der Waals surface area contributed by atoms with Crippen LogP contribution in [0, 0.1) is 0 Å². The molecule has 1 saturated carbocycles. The van der Waals surface area contributed by atoms with E-state index in [9.17, 15) is 9.59 Å². The van der Waals surface area contributed by atoms with Crippen molar-refractivity contribution in [2.24, 2.45) is 0 Å². The van der Waals surface area contributed by atoms with Crippen LogP contribution >= 0.6 is 11.6 Å². The minimum Gasteiger partial charge on any atom is -0.497 e. The van der Waals surface area contributed by atoms with E-state index in [2.05, 4.69) is 16.0 Å². The van der Waals surface area contributed by atoms with E-state index >= 15 is 0 Å². The van der Waals surface area contributed by atoms with Crippen LogP contribution in [0.1, 0.15) is 42.5 Å². The highest BCUT2D eigenvalue weighted by Gasteiger charge is 2.40. The highest BCUT2D eigenvalue weighted by Crippen LogP contribution is 2.29. The number of methoxy groups -OCH3 is 1. The van der Waals surface area contributed by atoms with Crippen molar-refractivity contribution in [3.05, 3.63) is 83.4 Å². The molecule has 37 heavy (non-hydrogen) atoms. The molecule has 1 aliphatic carbocycles. The zero-order valence-electron chi connectivity index (χ0n) is 20.9. The molecule has 8 heteroatoms. The van der Waals surface area contributed by atoms with Crippen LogP contribution in [-0.2, 0) is 4.79 Å². The van der Waals surface area contributed by atoms with Gasteiger partial charge in [0.1, 0.15) is 22.8 Å². The Bertz CT molecular complexity index is 1180. The number of benzene rings is 3. The number of hydrogen-bond acceptors (Lipinski definition) is 5. The number of ether oxygens (including phenoxy) is 2. The van der Waals surface area contributed by atoms with Gasteiger partial charge in [-0.2, -0.15) is 0 Å². The molecule has 2 amide bonds. The molecule has 0 aromatic heterocycles. The minimum atomic E-state index is -0.909. The quantitative estimate of drug-likeness (QED) is 0.293. The summed E-state index contributed by atoms with van der Waals surface area (Å²) in [5.41, 5.74) is 0.509. The Kier molecular flexibility index (Phi) is 8.90. The largest absolute Gasteiger partial charge is 0.497 e. The fourth-order valence-electron chi connectivity index (χ4n) is 4.43. The molecule has 0 bridgehead atoms. The predicted molar refractivity (Wildman–Crippen MR) is 146 cm³/mol. The summed E-state index contributed by atoms with van der Waals surface area (Å²) >= 11 is 5.92. The van der Waals surface area contributed by atoms with Crippen molar-refractivity contribution in [2.75, 3.05) is 25.5 Å². The number of hydrogen-bond donors (Lipinski definition) is 3. The molecule has 0 saturated heterocycles. The average molecular weight is 522 g/mol. The Morgan fingerprint density at radius 2 is 1.41 bits per heavy atom. The van der Waals surface area contributed by atoms with Crippen molar-refractivity contribution >= 4 is 29.1 Å².